The summed E-state index contributed by atoms with van der Waals surface area (Å²) in [6, 6.07) is 10.7. The third kappa shape index (κ3) is 3.55. The Kier molecular flexibility index (Phi) is 4.93. The van der Waals surface area contributed by atoms with Crippen LogP contribution in [0.3, 0.4) is 0 Å². The minimum Gasteiger partial charge on any atom is -0.321 e. The molecule has 1 aromatic heterocycles. The zero-order chi connectivity index (χ0) is 13.7. The van der Waals surface area contributed by atoms with Gasteiger partial charge < -0.3 is 10.2 Å². The number of aromatic nitrogens is 1. The Morgan fingerprint density at radius 1 is 1.32 bits per heavy atom. The summed E-state index contributed by atoms with van der Waals surface area (Å²) in [7, 11) is 2.06. The van der Waals surface area contributed by atoms with E-state index in [1.807, 2.05) is 24.4 Å². The van der Waals surface area contributed by atoms with Crippen LogP contribution < -0.4 is 10.2 Å². The van der Waals surface area contributed by atoms with Gasteiger partial charge in [0.15, 0.2) is 5.13 Å². The maximum absolute atomic E-state index is 4.53. The van der Waals surface area contributed by atoms with E-state index < -0.39 is 0 Å². The number of nitrogens with one attached hydrogen (secondary N) is 1. The molecule has 0 saturated heterocycles. The van der Waals surface area contributed by atoms with Gasteiger partial charge in [0.2, 0.25) is 0 Å². The minimum absolute atomic E-state index is 0.371. The van der Waals surface area contributed by atoms with E-state index in [0.29, 0.717) is 6.04 Å². The standard InChI is InChI=1S/C15H21N3S/c1-4-10-16-12(2)14-11-17-15(19-14)18(3)13-8-6-5-7-9-13/h5-9,11-12,16H,4,10H2,1-3H3. The Morgan fingerprint density at radius 3 is 2.74 bits per heavy atom. The average Bonchev–Trinajstić information content (AvgIpc) is 2.94. The number of rotatable bonds is 6. The second-order valence-electron chi connectivity index (χ2n) is 4.62. The molecule has 0 fully saturated rings. The number of thiazole rings is 1. The molecule has 1 atom stereocenters. The van der Waals surface area contributed by atoms with Crippen molar-refractivity contribution in [3.63, 3.8) is 0 Å². The van der Waals surface area contributed by atoms with Crippen molar-refractivity contribution in [1.82, 2.24) is 10.3 Å². The Balaban J connectivity index is 2.08. The SMILES string of the molecule is CCCNC(C)c1cnc(N(C)c2ccccc2)s1. The molecule has 0 spiro atoms. The van der Waals surface area contributed by atoms with E-state index in [2.05, 4.69) is 48.2 Å². The van der Waals surface area contributed by atoms with Gasteiger partial charge in [0.05, 0.1) is 0 Å². The van der Waals surface area contributed by atoms with Gasteiger partial charge in [-0.2, -0.15) is 0 Å². The topological polar surface area (TPSA) is 28.2 Å². The van der Waals surface area contributed by atoms with E-state index in [-0.39, 0.29) is 0 Å². The van der Waals surface area contributed by atoms with Crippen LogP contribution in [0, 0.1) is 0 Å². The molecule has 0 aliphatic rings. The number of para-hydroxylation sites is 1. The van der Waals surface area contributed by atoms with Gasteiger partial charge in [-0.15, -0.1) is 0 Å². The Bertz CT molecular complexity index is 495. The summed E-state index contributed by atoms with van der Waals surface area (Å²) in [6.07, 6.45) is 3.13. The van der Waals surface area contributed by atoms with Crippen molar-refractivity contribution >= 4 is 22.2 Å². The van der Waals surface area contributed by atoms with Gasteiger partial charge in [-0.25, -0.2) is 4.98 Å². The molecule has 1 heterocycles. The maximum Gasteiger partial charge on any atom is 0.189 e. The summed E-state index contributed by atoms with van der Waals surface area (Å²) in [5, 5.41) is 4.53. The number of nitrogens with zero attached hydrogens (tertiary/aromatic N) is 2. The van der Waals surface area contributed by atoms with Crippen LogP contribution in [0.4, 0.5) is 10.8 Å². The number of anilines is 2. The third-order valence-electron chi connectivity index (χ3n) is 3.07. The van der Waals surface area contributed by atoms with Gasteiger partial charge in [-0.05, 0) is 32.0 Å². The first kappa shape index (κ1) is 14.0. The first-order valence-electron chi connectivity index (χ1n) is 6.70. The number of hydrogen-bond acceptors (Lipinski definition) is 4. The summed E-state index contributed by atoms with van der Waals surface area (Å²) in [5.41, 5.74) is 1.16. The molecule has 0 bridgehead atoms. The predicted molar refractivity (Wildman–Crippen MR) is 83.3 cm³/mol. The van der Waals surface area contributed by atoms with Crippen LogP contribution in [-0.2, 0) is 0 Å². The van der Waals surface area contributed by atoms with Crippen LogP contribution in [-0.4, -0.2) is 18.6 Å². The van der Waals surface area contributed by atoms with E-state index in [9.17, 15) is 0 Å². The molecule has 3 nitrogen and oxygen atoms in total. The van der Waals surface area contributed by atoms with Gasteiger partial charge in [-0.1, -0.05) is 36.5 Å². The lowest BCUT2D eigenvalue weighted by Gasteiger charge is -2.15. The molecule has 0 amide bonds. The lowest BCUT2D eigenvalue weighted by molar-refractivity contribution is 0.577. The minimum atomic E-state index is 0.371. The third-order valence-corrected chi connectivity index (χ3v) is 4.33. The van der Waals surface area contributed by atoms with Crippen molar-refractivity contribution in [3.8, 4) is 0 Å². The molecule has 1 N–H and O–H groups in total. The van der Waals surface area contributed by atoms with Crippen molar-refractivity contribution in [3.05, 3.63) is 41.4 Å². The van der Waals surface area contributed by atoms with E-state index >= 15 is 0 Å². The molecule has 4 heteroatoms. The van der Waals surface area contributed by atoms with Crippen LogP contribution in [0.25, 0.3) is 0 Å². The van der Waals surface area contributed by atoms with Gasteiger partial charge in [0, 0.05) is 29.9 Å². The van der Waals surface area contributed by atoms with Crippen molar-refractivity contribution in [2.45, 2.75) is 26.3 Å². The van der Waals surface area contributed by atoms with Crippen LogP contribution in [0.15, 0.2) is 36.5 Å². The fourth-order valence-electron chi connectivity index (χ4n) is 1.86. The van der Waals surface area contributed by atoms with Crippen LogP contribution in [0.5, 0.6) is 0 Å². The summed E-state index contributed by atoms with van der Waals surface area (Å²) >= 11 is 1.75. The van der Waals surface area contributed by atoms with Crippen LogP contribution in [0.2, 0.25) is 0 Å². The molecule has 19 heavy (non-hydrogen) atoms. The van der Waals surface area contributed by atoms with Crippen molar-refractivity contribution in [1.29, 1.82) is 0 Å². The van der Waals surface area contributed by atoms with Gasteiger partial charge in [0.25, 0.3) is 0 Å². The molecular formula is C15H21N3S. The Morgan fingerprint density at radius 2 is 2.05 bits per heavy atom. The average molecular weight is 275 g/mol. The highest BCUT2D eigenvalue weighted by Crippen LogP contribution is 2.30. The Labute approximate surface area is 119 Å². The molecule has 1 unspecified atom stereocenters. The molecule has 0 saturated carbocycles. The van der Waals surface area contributed by atoms with E-state index in [0.717, 1.165) is 23.8 Å². The molecular weight excluding hydrogens is 254 g/mol. The van der Waals surface area contributed by atoms with Crippen molar-refractivity contribution < 1.29 is 0 Å². The van der Waals surface area contributed by atoms with E-state index in [1.165, 1.54) is 4.88 Å². The second-order valence-corrected chi connectivity index (χ2v) is 5.66. The molecule has 0 radical (unpaired) electrons. The fraction of sp³-hybridized carbons (Fsp3) is 0.400. The quantitative estimate of drug-likeness (QED) is 0.864. The van der Waals surface area contributed by atoms with Gasteiger partial charge in [-0.3, -0.25) is 0 Å². The lowest BCUT2D eigenvalue weighted by Crippen LogP contribution is -2.18. The molecule has 1 aromatic carbocycles. The first-order chi connectivity index (χ1) is 9.22. The number of benzene rings is 1. The highest BCUT2D eigenvalue weighted by Gasteiger charge is 2.12. The molecule has 2 rings (SSSR count). The zero-order valence-corrected chi connectivity index (χ0v) is 12.6. The molecule has 102 valence electrons. The monoisotopic (exact) mass is 275 g/mol. The highest BCUT2D eigenvalue weighted by atomic mass is 32.1. The predicted octanol–water partition coefficient (Wildman–Crippen LogP) is 3.97. The first-order valence-corrected chi connectivity index (χ1v) is 7.52. The molecule has 0 aliphatic carbocycles. The van der Waals surface area contributed by atoms with E-state index in [4.69, 9.17) is 0 Å². The highest BCUT2D eigenvalue weighted by molar-refractivity contribution is 7.15. The molecule has 0 aliphatic heterocycles. The van der Waals surface area contributed by atoms with Gasteiger partial charge >= 0.3 is 0 Å². The smallest absolute Gasteiger partial charge is 0.189 e. The second kappa shape index (κ2) is 6.68. The summed E-state index contributed by atoms with van der Waals surface area (Å²) in [4.78, 5) is 7.94. The largest absolute Gasteiger partial charge is 0.321 e. The summed E-state index contributed by atoms with van der Waals surface area (Å²) in [5.74, 6) is 0. The maximum atomic E-state index is 4.53. The summed E-state index contributed by atoms with van der Waals surface area (Å²) in [6.45, 7) is 5.42. The van der Waals surface area contributed by atoms with Crippen molar-refractivity contribution in [2.75, 3.05) is 18.5 Å². The van der Waals surface area contributed by atoms with Crippen molar-refractivity contribution in [2.24, 2.45) is 0 Å². The number of hydrogen-bond donors (Lipinski definition) is 1. The lowest BCUT2D eigenvalue weighted by atomic mass is 10.3. The fourth-order valence-corrected chi connectivity index (χ4v) is 2.78. The zero-order valence-electron chi connectivity index (χ0n) is 11.8. The van der Waals surface area contributed by atoms with Crippen LogP contribution >= 0.6 is 11.3 Å². The normalized spacial score (nSPS) is 12.4. The Hall–Kier alpha value is -1.39. The van der Waals surface area contributed by atoms with Crippen LogP contribution in [0.1, 0.15) is 31.2 Å². The summed E-state index contributed by atoms with van der Waals surface area (Å²) < 4.78 is 0. The van der Waals surface area contributed by atoms with E-state index in [1.54, 1.807) is 11.3 Å². The molecule has 2 aromatic rings. The van der Waals surface area contributed by atoms with Gasteiger partial charge in [0.1, 0.15) is 0 Å².